The molecule has 0 amide bonds. The van der Waals surface area contributed by atoms with Gasteiger partial charge >= 0.3 is 0 Å². The summed E-state index contributed by atoms with van der Waals surface area (Å²) in [6.45, 7) is 0. The number of furan rings is 2. The second-order valence-corrected chi connectivity index (χ2v) is 21.6. The number of anilines is 6. The van der Waals surface area contributed by atoms with Gasteiger partial charge in [0.05, 0.1) is 0 Å². The van der Waals surface area contributed by atoms with Gasteiger partial charge in [-0.1, -0.05) is 218 Å². The summed E-state index contributed by atoms with van der Waals surface area (Å²) in [4.78, 5) is 4.69. The molecule has 0 atom stereocenters. The van der Waals surface area contributed by atoms with Crippen LogP contribution in [0.25, 0.3) is 121 Å². The molecule has 2 aromatic heterocycles. The normalized spacial score (nSPS) is 11.6. The third-order valence-corrected chi connectivity index (χ3v) is 16.7. The third-order valence-electron chi connectivity index (χ3n) is 16.7. The van der Waals surface area contributed by atoms with E-state index in [4.69, 9.17) is 8.83 Å². The average molecular weight is 1070 g/mol. The van der Waals surface area contributed by atoms with Crippen molar-refractivity contribution in [2.75, 3.05) is 9.80 Å². The van der Waals surface area contributed by atoms with Gasteiger partial charge in [-0.05, 0) is 169 Å². The van der Waals surface area contributed by atoms with Crippen LogP contribution in [0.4, 0.5) is 34.1 Å². The third kappa shape index (κ3) is 8.64. The van der Waals surface area contributed by atoms with E-state index in [0.29, 0.717) is 0 Å². The van der Waals surface area contributed by atoms with Crippen molar-refractivity contribution in [1.29, 1.82) is 0 Å². The number of nitrogens with zero attached hydrogens (tertiary/aromatic N) is 2. The fraction of sp³-hybridized carbons (Fsp3) is 0. The molecule has 0 fully saturated rings. The van der Waals surface area contributed by atoms with Crippen molar-refractivity contribution in [2.24, 2.45) is 0 Å². The molecule has 4 heteroatoms. The number of hydrogen-bond donors (Lipinski definition) is 0. The van der Waals surface area contributed by atoms with Crippen molar-refractivity contribution in [3.63, 3.8) is 0 Å². The zero-order valence-corrected chi connectivity index (χ0v) is 45.7. The van der Waals surface area contributed by atoms with Gasteiger partial charge in [-0.25, -0.2) is 0 Å². The summed E-state index contributed by atoms with van der Waals surface area (Å²) in [6, 6.07) is 113. The highest BCUT2D eigenvalue weighted by atomic mass is 16.3. The van der Waals surface area contributed by atoms with Gasteiger partial charge in [0.25, 0.3) is 0 Å². The first kappa shape index (κ1) is 48.7. The highest BCUT2D eigenvalue weighted by Crippen LogP contribution is 2.43. The Morgan fingerprint density at radius 3 is 0.976 bits per heavy atom. The van der Waals surface area contributed by atoms with E-state index in [1.165, 1.54) is 43.8 Å². The van der Waals surface area contributed by atoms with Crippen molar-refractivity contribution in [3.05, 3.63) is 315 Å². The summed E-state index contributed by atoms with van der Waals surface area (Å²) in [5, 5.41) is 9.45. The average Bonchev–Trinajstić information content (AvgIpc) is 3.19. The first-order valence-electron chi connectivity index (χ1n) is 28.6. The van der Waals surface area contributed by atoms with Crippen LogP contribution >= 0.6 is 0 Å². The van der Waals surface area contributed by atoms with Gasteiger partial charge in [-0.15, -0.1) is 0 Å². The molecule has 0 spiro atoms. The minimum atomic E-state index is 0.889. The summed E-state index contributed by atoms with van der Waals surface area (Å²) in [6.07, 6.45) is 0. The van der Waals surface area contributed by atoms with E-state index < -0.39 is 0 Å². The maximum absolute atomic E-state index is 6.48. The van der Waals surface area contributed by atoms with Gasteiger partial charge in [0.15, 0.2) is 0 Å². The Morgan fingerprint density at radius 2 is 0.500 bits per heavy atom. The lowest BCUT2D eigenvalue weighted by molar-refractivity contribution is 0.669. The van der Waals surface area contributed by atoms with Gasteiger partial charge in [-0.3, -0.25) is 0 Å². The molecule has 14 aromatic carbocycles. The monoisotopic (exact) mass is 1070 g/mol. The maximum atomic E-state index is 6.48. The number of rotatable bonds is 11. The van der Waals surface area contributed by atoms with Crippen LogP contribution in [-0.2, 0) is 0 Å². The number of benzene rings is 14. The van der Waals surface area contributed by atoms with Crippen LogP contribution in [0.3, 0.4) is 0 Å². The van der Waals surface area contributed by atoms with E-state index in [2.05, 4.69) is 301 Å². The van der Waals surface area contributed by atoms with Crippen LogP contribution in [0, 0.1) is 0 Å². The van der Waals surface area contributed by atoms with Crippen molar-refractivity contribution in [2.45, 2.75) is 0 Å². The highest BCUT2D eigenvalue weighted by molar-refractivity contribution is 6.10. The van der Waals surface area contributed by atoms with Gasteiger partial charge in [-0.2, -0.15) is 0 Å². The van der Waals surface area contributed by atoms with Crippen molar-refractivity contribution >= 4 is 99.5 Å². The number of para-hydroxylation sites is 3. The van der Waals surface area contributed by atoms with Crippen LogP contribution in [-0.4, -0.2) is 0 Å². The smallest absolute Gasteiger partial charge is 0.143 e. The molecular formula is C80H52N2O2. The lowest BCUT2D eigenvalue weighted by Gasteiger charge is -2.27. The number of fused-ring (bicyclic) bond motifs is 8. The van der Waals surface area contributed by atoms with Crippen LogP contribution in [0.2, 0.25) is 0 Å². The predicted octanol–water partition coefficient (Wildman–Crippen LogP) is 23.1. The lowest BCUT2D eigenvalue weighted by Crippen LogP contribution is -2.10. The fourth-order valence-electron chi connectivity index (χ4n) is 12.5. The standard InChI is InChI=1S/C80H52N2O2/c1-3-16-68-56(12-1)14-9-20-70(68)58-32-45-65(46-33-58)81(64-43-30-55(31-44-64)61-38-51-75-73-18-5-7-24-77(73)83-79(75)52-61)62-39-26-53(27-40-62)54-28-41-63(42-29-54)82(66-47-34-59(35-48-66)71-21-10-15-57-13-2-4-17-69(57)71)67-49-36-60(37-50-67)72-22-11-23-76-74-19-6-8-25-78(74)84-80(72)76/h1-52H. The molecule has 0 unspecified atom stereocenters. The summed E-state index contributed by atoms with van der Waals surface area (Å²) in [5.74, 6) is 0. The van der Waals surface area contributed by atoms with Crippen molar-refractivity contribution < 1.29 is 8.83 Å². The van der Waals surface area contributed by atoms with Gasteiger partial charge in [0.2, 0.25) is 0 Å². The Bertz CT molecular complexity index is 5090. The Kier molecular flexibility index (Phi) is 11.8. The summed E-state index contributed by atoms with van der Waals surface area (Å²) >= 11 is 0. The van der Waals surface area contributed by atoms with E-state index in [9.17, 15) is 0 Å². The lowest BCUT2D eigenvalue weighted by atomic mass is 9.98. The Morgan fingerprint density at radius 1 is 0.190 bits per heavy atom. The quantitative estimate of drug-likeness (QED) is 0.129. The molecule has 16 aromatic rings. The van der Waals surface area contributed by atoms with Gasteiger partial charge < -0.3 is 18.6 Å². The molecule has 4 nitrogen and oxygen atoms in total. The Balaban J connectivity index is 0.735. The summed E-state index contributed by atoms with van der Waals surface area (Å²) < 4.78 is 12.8. The molecule has 0 saturated carbocycles. The first-order chi connectivity index (χ1) is 41.6. The fourth-order valence-corrected chi connectivity index (χ4v) is 12.5. The maximum Gasteiger partial charge on any atom is 0.143 e. The predicted molar refractivity (Wildman–Crippen MR) is 353 cm³/mol. The minimum absolute atomic E-state index is 0.889. The number of hydrogen-bond acceptors (Lipinski definition) is 4. The molecule has 0 aliphatic rings. The SMILES string of the molecule is c1ccc2c(-c3ccc(N(c4ccc(-c5ccc(N(c6ccc(-c7cccc8ccccc78)cc6)c6ccc(-c7cccc8c7oc7ccccc78)cc6)cc5)cc4)c4ccc(-c5ccc6c(c5)oc5ccccc56)cc4)cc3)cccc2c1. The largest absolute Gasteiger partial charge is 0.456 e. The Labute approximate surface area is 486 Å². The molecule has 84 heavy (non-hydrogen) atoms. The zero-order chi connectivity index (χ0) is 55.5. The van der Waals surface area contributed by atoms with Crippen LogP contribution in [0.15, 0.2) is 324 Å². The molecule has 0 radical (unpaired) electrons. The van der Waals surface area contributed by atoms with Crippen LogP contribution in [0.5, 0.6) is 0 Å². The Hall–Kier alpha value is -11.2. The van der Waals surface area contributed by atoms with Gasteiger partial charge in [0, 0.05) is 61.2 Å². The first-order valence-corrected chi connectivity index (χ1v) is 28.6. The van der Waals surface area contributed by atoms with Crippen LogP contribution < -0.4 is 9.80 Å². The van der Waals surface area contributed by atoms with E-state index in [0.717, 1.165) is 111 Å². The van der Waals surface area contributed by atoms with E-state index in [1.807, 2.05) is 24.3 Å². The van der Waals surface area contributed by atoms with E-state index in [1.54, 1.807) is 0 Å². The molecule has 0 N–H and O–H groups in total. The highest BCUT2D eigenvalue weighted by Gasteiger charge is 2.19. The molecular weight excluding hydrogens is 1020 g/mol. The second-order valence-electron chi connectivity index (χ2n) is 21.6. The molecule has 2 heterocycles. The van der Waals surface area contributed by atoms with Gasteiger partial charge in [0.1, 0.15) is 22.3 Å². The molecule has 0 saturated heterocycles. The zero-order valence-electron chi connectivity index (χ0n) is 45.7. The van der Waals surface area contributed by atoms with Crippen molar-refractivity contribution in [1.82, 2.24) is 0 Å². The minimum Gasteiger partial charge on any atom is -0.456 e. The molecule has 394 valence electrons. The summed E-state index contributed by atoms with van der Waals surface area (Å²) in [7, 11) is 0. The summed E-state index contributed by atoms with van der Waals surface area (Å²) in [5.41, 5.74) is 21.4. The molecule has 0 aliphatic heterocycles. The second kappa shape index (κ2) is 20.4. The molecule has 0 bridgehead atoms. The van der Waals surface area contributed by atoms with E-state index >= 15 is 0 Å². The molecule has 0 aliphatic carbocycles. The van der Waals surface area contributed by atoms with Crippen LogP contribution in [0.1, 0.15) is 0 Å². The van der Waals surface area contributed by atoms with E-state index in [-0.39, 0.29) is 0 Å². The topological polar surface area (TPSA) is 32.8 Å². The van der Waals surface area contributed by atoms with Crippen molar-refractivity contribution in [3.8, 4) is 55.6 Å². The molecule has 16 rings (SSSR count).